The zero-order chi connectivity index (χ0) is 19.4. The summed E-state index contributed by atoms with van der Waals surface area (Å²) in [5, 5.41) is 15.3. The van der Waals surface area contributed by atoms with Gasteiger partial charge in [-0.3, -0.25) is 9.59 Å². The van der Waals surface area contributed by atoms with E-state index < -0.39 is 11.5 Å². The topological polar surface area (TPSA) is 83.7 Å². The van der Waals surface area contributed by atoms with Gasteiger partial charge >= 0.3 is 0 Å². The first-order valence-electron chi connectivity index (χ1n) is 8.46. The summed E-state index contributed by atoms with van der Waals surface area (Å²) in [7, 11) is 0. The van der Waals surface area contributed by atoms with Gasteiger partial charge in [-0.25, -0.2) is 5.43 Å². The number of halogens is 1. The summed E-state index contributed by atoms with van der Waals surface area (Å²) in [4.78, 5) is 25.3. The minimum Gasteiger partial charge on any atom is -0.506 e. The molecule has 0 atom stereocenters. The van der Waals surface area contributed by atoms with Crippen molar-refractivity contribution in [1.29, 1.82) is 0 Å². The summed E-state index contributed by atoms with van der Waals surface area (Å²) >= 11 is 5.90. The summed E-state index contributed by atoms with van der Waals surface area (Å²) < 4.78 is 1.49. The summed E-state index contributed by atoms with van der Waals surface area (Å²) in [5.74, 6) is -1.12. The molecule has 2 N–H and O–H groups in total. The smallest absolute Gasteiger partial charge is 0.280 e. The maximum atomic E-state index is 12.8. The molecule has 1 heterocycles. The molecule has 0 aliphatic heterocycles. The van der Waals surface area contributed by atoms with Crippen LogP contribution in [0.4, 0.5) is 0 Å². The van der Waals surface area contributed by atoms with Gasteiger partial charge in [0.05, 0.1) is 11.7 Å². The second-order valence-electron chi connectivity index (χ2n) is 5.95. The SMILES string of the molecule is CCCn1c(=O)c(C(=O)N/N=C\c2cccc(Cl)c2)c(O)c2ccccc21. The van der Waals surface area contributed by atoms with Crippen molar-refractivity contribution >= 4 is 34.6 Å². The molecule has 6 nitrogen and oxygen atoms in total. The molecule has 27 heavy (non-hydrogen) atoms. The average Bonchev–Trinajstić information content (AvgIpc) is 2.65. The minimum atomic E-state index is -0.772. The van der Waals surface area contributed by atoms with Crippen molar-refractivity contribution in [3.63, 3.8) is 0 Å². The van der Waals surface area contributed by atoms with E-state index in [1.54, 1.807) is 48.5 Å². The first-order chi connectivity index (χ1) is 13.0. The molecule has 7 heteroatoms. The Balaban J connectivity index is 1.98. The number of hydrazone groups is 1. The Morgan fingerprint density at radius 2 is 2.04 bits per heavy atom. The van der Waals surface area contributed by atoms with Crippen LogP contribution in [0.15, 0.2) is 58.4 Å². The number of aromatic hydroxyl groups is 1. The molecule has 0 radical (unpaired) electrons. The van der Waals surface area contributed by atoms with E-state index in [-0.39, 0.29) is 11.3 Å². The molecule has 0 aliphatic carbocycles. The number of aromatic nitrogens is 1. The molecule has 1 amide bonds. The number of hydrogen-bond donors (Lipinski definition) is 2. The van der Waals surface area contributed by atoms with Crippen LogP contribution in [0.2, 0.25) is 5.02 Å². The first-order valence-corrected chi connectivity index (χ1v) is 8.84. The predicted octanol–water partition coefficient (Wildman–Crippen LogP) is 3.53. The molecule has 0 aliphatic rings. The number of benzene rings is 2. The summed E-state index contributed by atoms with van der Waals surface area (Å²) in [6.07, 6.45) is 2.12. The zero-order valence-corrected chi connectivity index (χ0v) is 15.4. The lowest BCUT2D eigenvalue weighted by molar-refractivity contribution is 0.0950. The number of nitrogens with zero attached hydrogens (tertiary/aromatic N) is 2. The lowest BCUT2D eigenvalue weighted by atomic mass is 10.1. The van der Waals surface area contributed by atoms with Gasteiger partial charge < -0.3 is 9.67 Å². The van der Waals surface area contributed by atoms with E-state index in [0.717, 1.165) is 0 Å². The number of para-hydroxylation sites is 1. The maximum Gasteiger partial charge on any atom is 0.280 e. The van der Waals surface area contributed by atoms with Gasteiger partial charge in [-0.2, -0.15) is 5.10 Å². The number of nitrogens with one attached hydrogen (secondary N) is 1. The largest absolute Gasteiger partial charge is 0.506 e. The number of pyridine rings is 1. The Morgan fingerprint density at radius 3 is 2.78 bits per heavy atom. The van der Waals surface area contributed by atoms with Crippen LogP contribution in [0.25, 0.3) is 10.9 Å². The molecule has 0 saturated carbocycles. The zero-order valence-electron chi connectivity index (χ0n) is 14.6. The van der Waals surface area contributed by atoms with E-state index in [4.69, 9.17) is 11.6 Å². The molecule has 0 bridgehead atoms. The fourth-order valence-corrected chi connectivity index (χ4v) is 3.05. The number of carbonyl (C=O) groups excluding carboxylic acids is 1. The lowest BCUT2D eigenvalue weighted by Gasteiger charge is -2.13. The molecule has 3 rings (SSSR count). The Morgan fingerprint density at radius 1 is 1.26 bits per heavy atom. The van der Waals surface area contributed by atoms with Gasteiger partial charge in [0.2, 0.25) is 0 Å². The minimum absolute atomic E-state index is 0.328. The Bertz CT molecular complexity index is 1090. The standard InChI is InChI=1S/C20H18ClN3O3/c1-2-10-24-16-9-4-3-8-15(16)18(25)17(20(24)27)19(26)23-22-12-13-6-5-7-14(21)11-13/h3-9,11-12,25H,2,10H2,1H3,(H,23,26)/b22-12-. The monoisotopic (exact) mass is 383 g/mol. The quantitative estimate of drug-likeness (QED) is 0.522. The average molecular weight is 384 g/mol. The highest BCUT2D eigenvalue weighted by molar-refractivity contribution is 6.30. The van der Waals surface area contributed by atoms with E-state index >= 15 is 0 Å². The number of hydrogen-bond acceptors (Lipinski definition) is 4. The van der Waals surface area contributed by atoms with Crippen LogP contribution in [0.5, 0.6) is 5.75 Å². The number of rotatable bonds is 5. The van der Waals surface area contributed by atoms with Gasteiger partial charge in [-0.15, -0.1) is 0 Å². The van der Waals surface area contributed by atoms with Crippen molar-refractivity contribution in [1.82, 2.24) is 9.99 Å². The molecule has 1 aromatic heterocycles. The van der Waals surface area contributed by atoms with Crippen molar-refractivity contribution in [3.05, 3.63) is 75.0 Å². The van der Waals surface area contributed by atoms with Crippen LogP contribution >= 0.6 is 11.6 Å². The molecule has 3 aromatic rings. The van der Waals surface area contributed by atoms with Gasteiger partial charge in [-0.1, -0.05) is 42.8 Å². The van der Waals surface area contributed by atoms with Gasteiger partial charge in [0.25, 0.3) is 11.5 Å². The van der Waals surface area contributed by atoms with Crippen LogP contribution in [0, 0.1) is 0 Å². The highest BCUT2D eigenvalue weighted by atomic mass is 35.5. The first kappa shape index (κ1) is 18.7. The number of carbonyl (C=O) groups is 1. The molecular weight excluding hydrogens is 366 g/mol. The summed E-state index contributed by atoms with van der Waals surface area (Å²) in [6.45, 7) is 2.37. The number of amides is 1. The molecule has 0 saturated heterocycles. The third-order valence-electron chi connectivity index (χ3n) is 4.05. The van der Waals surface area contributed by atoms with Gasteiger partial charge in [0, 0.05) is 17.0 Å². The predicted molar refractivity (Wildman–Crippen MR) is 107 cm³/mol. The maximum absolute atomic E-state index is 12.8. The van der Waals surface area contributed by atoms with Crippen LogP contribution < -0.4 is 11.0 Å². The van der Waals surface area contributed by atoms with E-state index in [0.29, 0.717) is 34.5 Å². The highest BCUT2D eigenvalue weighted by Crippen LogP contribution is 2.26. The molecule has 0 spiro atoms. The second kappa shape index (κ2) is 8.05. The van der Waals surface area contributed by atoms with E-state index in [9.17, 15) is 14.7 Å². The summed E-state index contributed by atoms with van der Waals surface area (Å²) in [6, 6.07) is 13.9. The van der Waals surface area contributed by atoms with Crippen molar-refractivity contribution in [2.24, 2.45) is 5.10 Å². The molecule has 0 fully saturated rings. The fourth-order valence-electron chi connectivity index (χ4n) is 2.85. The van der Waals surface area contributed by atoms with E-state index in [2.05, 4.69) is 10.5 Å². The Hall–Kier alpha value is -3.12. The molecule has 2 aromatic carbocycles. The number of aryl methyl sites for hydroxylation is 1. The van der Waals surface area contributed by atoms with Crippen LogP contribution in [-0.2, 0) is 6.54 Å². The van der Waals surface area contributed by atoms with E-state index in [1.165, 1.54) is 10.8 Å². The van der Waals surface area contributed by atoms with E-state index in [1.807, 2.05) is 6.92 Å². The van der Waals surface area contributed by atoms with Gasteiger partial charge in [0.1, 0.15) is 11.3 Å². The lowest BCUT2D eigenvalue weighted by Crippen LogP contribution is -2.31. The molecular formula is C20H18ClN3O3. The fraction of sp³-hybridized carbons (Fsp3) is 0.150. The Kier molecular flexibility index (Phi) is 5.57. The van der Waals surface area contributed by atoms with Crippen molar-refractivity contribution < 1.29 is 9.90 Å². The third kappa shape index (κ3) is 3.85. The number of fused-ring (bicyclic) bond motifs is 1. The van der Waals surface area contributed by atoms with Gasteiger partial charge in [0.15, 0.2) is 0 Å². The summed E-state index contributed by atoms with van der Waals surface area (Å²) in [5.41, 5.74) is 2.69. The molecule has 138 valence electrons. The molecule has 0 unspecified atom stereocenters. The normalized spacial score (nSPS) is 11.2. The van der Waals surface area contributed by atoms with Crippen LogP contribution in [0.1, 0.15) is 29.3 Å². The second-order valence-corrected chi connectivity index (χ2v) is 6.39. The van der Waals surface area contributed by atoms with Crippen molar-refractivity contribution in [2.75, 3.05) is 0 Å². The van der Waals surface area contributed by atoms with Crippen molar-refractivity contribution in [3.8, 4) is 5.75 Å². The van der Waals surface area contributed by atoms with Crippen LogP contribution in [0.3, 0.4) is 0 Å². The van der Waals surface area contributed by atoms with Gasteiger partial charge in [-0.05, 0) is 36.2 Å². The Labute approximate surface area is 160 Å². The highest BCUT2D eigenvalue weighted by Gasteiger charge is 2.21. The third-order valence-corrected chi connectivity index (χ3v) is 4.28. The van der Waals surface area contributed by atoms with Crippen LogP contribution in [-0.4, -0.2) is 21.8 Å². The van der Waals surface area contributed by atoms with Crippen molar-refractivity contribution in [2.45, 2.75) is 19.9 Å².